The molecule has 3 aromatic heterocycles. The molecule has 15 rings (SSSR count). The van der Waals surface area contributed by atoms with Gasteiger partial charge in [-0.25, -0.2) is 0 Å². The molecule has 0 atom stereocenters. The fraction of sp³-hybridized carbons (Fsp3) is 0.397. The van der Waals surface area contributed by atoms with E-state index in [0.29, 0.717) is 0 Å². The Morgan fingerprint density at radius 3 is 1.58 bits per heavy atom. The quantitative estimate of drug-likeness (QED) is 0.161. The highest BCUT2D eigenvalue weighted by molar-refractivity contribution is 7.32. The maximum Gasteiger partial charge on any atom is 0.343 e. The minimum Gasteiger partial charge on any atom is -0.455 e. The molecule has 0 saturated heterocycles. The normalized spacial score (nSPS) is 19.9. The van der Waals surface area contributed by atoms with Gasteiger partial charge < -0.3 is 14.1 Å². The molecule has 5 heterocycles. The number of para-hydroxylation sites is 1. The van der Waals surface area contributed by atoms with Crippen LogP contribution in [-0.2, 0) is 37.9 Å². The summed E-state index contributed by atoms with van der Waals surface area (Å²) < 4.78 is 12.9. The average molecular weight is 1070 g/mol. The van der Waals surface area contributed by atoms with E-state index in [1.165, 1.54) is 162 Å². The van der Waals surface area contributed by atoms with Gasteiger partial charge in [-0.3, -0.25) is 0 Å². The molecule has 0 N–H and O–H groups in total. The Labute approximate surface area is 477 Å². The summed E-state index contributed by atoms with van der Waals surface area (Å²) >= 11 is 4.03. The van der Waals surface area contributed by atoms with E-state index in [-0.39, 0.29) is 44.8 Å². The molecule has 0 spiro atoms. The van der Waals surface area contributed by atoms with Crippen molar-refractivity contribution >= 4 is 120 Å². The van der Waals surface area contributed by atoms with Crippen LogP contribution in [0, 0.1) is 6.92 Å². The van der Waals surface area contributed by atoms with Crippen LogP contribution in [0.1, 0.15) is 187 Å². The minimum atomic E-state index is -0.147. The van der Waals surface area contributed by atoms with Gasteiger partial charge >= 0.3 is 6.85 Å². The van der Waals surface area contributed by atoms with Crippen molar-refractivity contribution in [2.24, 2.45) is 0 Å². The highest BCUT2D eigenvalue weighted by atomic mass is 32.1. The third-order valence-electron chi connectivity index (χ3n) is 21.1. The van der Waals surface area contributed by atoms with Crippen molar-refractivity contribution in [3.63, 3.8) is 0 Å². The Kier molecular flexibility index (Phi) is 10.0. The zero-order chi connectivity index (χ0) is 55.2. The molecule has 2 aliphatic heterocycles. The van der Waals surface area contributed by atoms with E-state index in [4.69, 9.17) is 4.42 Å². The number of hydrogen-bond acceptors (Lipinski definition) is 5. The first-order valence-electron chi connectivity index (χ1n) is 29.6. The van der Waals surface area contributed by atoms with Gasteiger partial charge in [0.15, 0.2) is 0 Å². The summed E-state index contributed by atoms with van der Waals surface area (Å²) in [6.45, 7) is 39.0. The van der Waals surface area contributed by atoms with Gasteiger partial charge in [0.1, 0.15) is 11.2 Å². The van der Waals surface area contributed by atoms with Crippen LogP contribution in [0.25, 0.3) is 63.3 Å². The summed E-state index contributed by atoms with van der Waals surface area (Å²) in [6.07, 6.45) is 7.08. The van der Waals surface area contributed by atoms with Crippen LogP contribution >= 0.6 is 22.7 Å². The number of thiophene rings is 2. The van der Waals surface area contributed by atoms with E-state index < -0.39 is 0 Å². The fourth-order valence-electron chi connectivity index (χ4n) is 15.7. The fourth-order valence-corrected chi connectivity index (χ4v) is 18.1. The van der Waals surface area contributed by atoms with E-state index in [0.717, 1.165) is 23.0 Å². The first-order chi connectivity index (χ1) is 37.1. The van der Waals surface area contributed by atoms with Gasteiger partial charge in [-0.1, -0.05) is 140 Å². The van der Waals surface area contributed by atoms with Crippen LogP contribution in [0.3, 0.4) is 0 Å². The van der Waals surface area contributed by atoms with E-state index in [2.05, 4.69) is 224 Å². The van der Waals surface area contributed by atoms with Gasteiger partial charge in [-0.15, -0.1) is 22.7 Å². The summed E-state index contributed by atoms with van der Waals surface area (Å²) in [5, 5.41) is 6.42. The predicted octanol–water partition coefficient (Wildman–Crippen LogP) is 20.5. The average Bonchev–Trinajstić information content (AvgIpc) is 2.44. The largest absolute Gasteiger partial charge is 0.455 e. The van der Waals surface area contributed by atoms with E-state index in [1.807, 2.05) is 22.7 Å². The van der Waals surface area contributed by atoms with Crippen LogP contribution in [0.4, 0.5) is 28.4 Å². The van der Waals surface area contributed by atoms with E-state index in [1.54, 1.807) is 0 Å². The topological polar surface area (TPSA) is 19.6 Å². The highest BCUT2D eigenvalue weighted by Crippen LogP contribution is 2.59. The lowest BCUT2D eigenvalue weighted by molar-refractivity contribution is 0.332. The second-order valence-electron chi connectivity index (χ2n) is 30.1. The monoisotopic (exact) mass is 1070 g/mol. The zero-order valence-electron chi connectivity index (χ0n) is 49.8. The molecule has 400 valence electrons. The number of aryl methyl sites for hydroxylation is 1. The molecule has 3 nitrogen and oxygen atoms in total. The molecule has 0 fully saturated rings. The SMILES string of the molecule is Cc1cc2c(cc1N1c3cc4c(oc5ccccc54)c4c3B(c3sc5cc6c(cc5c31)C(C)(C)CCC6(C)C)N(c1ccc(C(C)(C)C)cc1)c1cc3sc5cc6c(cc5c3cc1-4)C(C)(C)CCC6(C)C)C(C)(C)CCC2(C)C. The third-order valence-corrected chi connectivity index (χ3v) is 23.4. The van der Waals surface area contributed by atoms with Crippen molar-refractivity contribution in [2.45, 2.75) is 187 Å². The van der Waals surface area contributed by atoms with Crippen molar-refractivity contribution in [1.29, 1.82) is 0 Å². The molecule has 6 heteroatoms. The summed E-state index contributed by atoms with van der Waals surface area (Å²) in [5.41, 5.74) is 24.3. The van der Waals surface area contributed by atoms with Crippen LogP contribution in [0.5, 0.6) is 0 Å². The molecule has 10 aromatic rings. The Morgan fingerprint density at radius 1 is 0.481 bits per heavy atom. The molecule has 5 aliphatic rings. The van der Waals surface area contributed by atoms with Crippen LogP contribution in [-0.4, -0.2) is 6.85 Å². The summed E-state index contributed by atoms with van der Waals surface area (Å²) in [6, 6.07) is 42.0. The van der Waals surface area contributed by atoms with Crippen LogP contribution in [0.15, 0.2) is 108 Å². The van der Waals surface area contributed by atoms with Crippen LogP contribution < -0.4 is 20.0 Å². The van der Waals surface area contributed by atoms with Crippen LogP contribution in [0.2, 0.25) is 0 Å². The lowest BCUT2D eigenvalue weighted by Crippen LogP contribution is -2.60. The number of hydrogen-bond donors (Lipinski definition) is 0. The molecule has 7 aromatic carbocycles. The molecular weight excluding hydrogens is 996 g/mol. The lowest BCUT2D eigenvalue weighted by Gasteiger charge is -2.46. The molecular formula is C73H77BN2OS2. The standard InChI is InChI=1S/C73H77BN2OS2/c1-40-31-49-52(71(11,12)28-25-68(49,5)6)36-55(40)75-57-35-46-43-19-17-18-20-58(43)77-65(46)62-47-32-44-45-33-50-53(72(13,14)29-26-69(50,7)8)37-59(45)78-61(44)39-56(47)76(42-23-21-41(22-24-42)67(2,3)4)74(63(57)62)66-64(75)48-34-51-54(38-60(48)79-66)73(15,16)30-27-70(51,9)10/h17-24,31-39H,25-30H2,1-16H3. The van der Waals surface area contributed by atoms with Gasteiger partial charge in [-0.05, 0) is 200 Å². The van der Waals surface area contributed by atoms with Crippen molar-refractivity contribution in [1.82, 2.24) is 0 Å². The number of benzene rings is 7. The Morgan fingerprint density at radius 2 is 0.987 bits per heavy atom. The molecule has 79 heavy (non-hydrogen) atoms. The molecule has 0 bridgehead atoms. The van der Waals surface area contributed by atoms with Gasteiger partial charge in [0.2, 0.25) is 0 Å². The number of nitrogens with zero attached hydrogens (tertiary/aromatic N) is 2. The predicted molar refractivity (Wildman–Crippen MR) is 345 cm³/mol. The minimum absolute atomic E-state index is 0.0116. The second kappa shape index (κ2) is 15.8. The number of furan rings is 1. The summed E-state index contributed by atoms with van der Waals surface area (Å²) in [7, 11) is 0. The smallest absolute Gasteiger partial charge is 0.343 e. The highest BCUT2D eigenvalue weighted by Gasteiger charge is 2.50. The maximum absolute atomic E-state index is 7.40. The Bertz CT molecular complexity index is 4330. The molecule has 0 radical (unpaired) electrons. The first-order valence-corrected chi connectivity index (χ1v) is 31.3. The molecule has 0 amide bonds. The van der Waals surface area contributed by atoms with Crippen molar-refractivity contribution in [3.05, 3.63) is 148 Å². The number of rotatable bonds is 2. The van der Waals surface area contributed by atoms with Gasteiger partial charge in [0, 0.05) is 79.7 Å². The maximum atomic E-state index is 7.40. The Hall–Kier alpha value is -5.82. The molecule has 0 saturated carbocycles. The third kappa shape index (κ3) is 6.95. The number of fused-ring (bicyclic) bond motifs is 16. The van der Waals surface area contributed by atoms with Crippen molar-refractivity contribution in [2.75, 3.05) is 9.71 Å². The van der Waals surface area contributed by atoms with E-state index in [9.17, 15) is 0 Å². The zero-order valence-corrected chi connectivity index (χ0v) is 51.4. The Balaban J connectivity index is 1.12. The number of anilines is 5. The van der Waals surface area contributed by atoms with E-state index >= 15 is 0 Å². The van der Waals surface area contributed by atoms with Gasteiger partial charge in [-0.2, -0.15) is 0 Å². The molecule has 0 unspecified atom stereocenters. The van der Waals surface area contributed by atoms with Gasteiger partial charge in [0.05, 0.1) is 5.69 Å². The second-order valence-corrected chi connectivity index (χ2v) is 32.3. The lowest BCUT2D eigenvalue weighted by atomic mass is 9.46. The summed E-state index contributed by atoms with van der Waals surface area (Å²) in [5.74, 6) is 0. The van der Waals surface area contributed by atoms with Gasteiger partial charge in [0.25, 0.3) is 0 Å². The van der Waals surface area contributed by atoms with Crippen molar-refractivity contribution in [3.8, 4) is 11.1 Å². The van der Waals surface area contributed by atoms with Crippen molar-refractivity contribution < 1.29 is 4.42 Å². The summed E-state index contributed by atoms with van der Waals surface area (Å²) in [4.78, 5) is 5.56. The molecule has 3 aliphatic carbocycles. The first kappa shape index (κ1) is 50.2.